The summed E-state index contributed by atoms with van der Waals surface area (Å²) < 4.78 is 75.0. The minimum atomic E-state index is -5.73. The number of nitrogens with one attached hydrogen (secondary N) is 1. The number of nitrogens with zero attached hydrogens (tertiary/aromatic N) is 3. The molecule has 3 rings (SSSR count). The van der Waals surface area contributed by atoms with E-state index in [0.717, 1.165) is 6.07 Å². The number of phosphoric acid groups is 4. The molecule has 0 aliphatic heterocycles. The Kier molecular flexibility index (Phi) is 12.3. The van der Waals surface area contributed by atoms with Crippen LogP contribution in [0.1, 0.15) is 48.6 Å². The molecule has 0 spiro atoms. The Morgan fingerprint density at radius 1 is 0.909 bits per heavy atom. The van der Waals surface area contributed by atoms with Crippen LogP contribution in [0.25, 0.3) is 22.7 Å². The van der Waals surface area contributed by atoms with Gasteiger partial charge in [-0.3, -0.25) is 14.6 Å². The zero-order valence-corrected chi connectivity index (χ0v) is 25.8. The molecular weight excluding hydrogens is 692 g/mol. The van der Waals surface area contributed by atoms with Crippen LogP contribution in [0.4, 0.5) is 0 Å². The smallest absolute Gasteiger partial charge is 0.403 e. The summed E-state index contributed by atoms with van der Waals surface area (Å²) in [5, 5.41) is 9.93. The van der Waals surface area contributed by atoms with Gasteiger partial charge in [0.2, 0.25) is 11.7 Å². The van der Waals surface area contributed by atoms with E-state index in [4.69, 9.17) is 37.7 Å². The van der Waals surface area contributed by atoms with Crippen molar-refractivity contribution in [3.8, 4) is 34.2 Å². The topological polar surface area (TPSA) is 321 Å². The fourth-order valence-electron chi connectivity index (χ4n) is 3.39. The highest BCUT2D eigenvalue weighted by Gasteiger charge is 2.39. The molecule has 2 aromatic heterocycles. The van der Waals surface area contributed by atoms with E-state index in [1.165, 1.54) is 20.8 Å². The molecule has 21 nitrogen and oxygen atoms in total. The normalized spacial score (nSPS) is 14.8. The Labute approximate surface area is 263 Å². The molecule has 0 radical (unpaired) electrons. The third-order valence-corrected chi connectivity index (χ3v) is 9.03. The maximum Gasteiger partial charge on any atom is 0.536 e. The van der Waals surface area contributed by atoms with Gasteiger partial charge in [-0.2, -0.15) is 13.6 Å². The summed E-state index contributed by atoms with van der Waals surface area (Å²) in [6.45, 7) is 6.22. The van der Waals surface area contributed by atoms with Gasteiger partial charge in [0.1, 0.15) is 17.1 Å². The van der Waals surface area contributed by atoms with E-state index in [1.54, 1.807) is 6.92 Å². The second kappa shape index (κ2) is 14.2. The van der Waals surface area contributed by atoms with Gasteiger partial charge < -0.3 is 43.0 Å². The standard InChI is InChI=1S/C18H24N4O17P4.Mg.2H/c1-5-19-18(23)15-14(17-20-9(4)34-22-17)16(35-21-15)11-6-10(8(2)3)12(36-42(30,31)38-40(24,25)26)7-13(11)37-43(32,33)39-41(27,28)29;;;/h6-8H,5H2,1-4H3,(H,19,23)(H,30,31)(H,32,33)(H2,24,25,26)(H2,27,28,29);;;. The van der Waals surface area contributed by atoms with Crippen LogP contribution in [0.5, 0.6) is 11.5 Å². The molecule has 26 heteroatoms. The van der Waals surface area contributed by atoms with E-state index in [-0.39, 0.29) is 52.4 Å². The molecule has 2 unspecified atom stereocenters. The molecule has 3 aromatic rings. The van der Waals surface area contributed by atoms with Crippen molar-refractivity contribution < 1.29 is 79.1 Å². The highest BCUT2D eigenvalue weighted by atomic mass is 31.3. The number of hydrogen-bond donors (Lipinski definition) is 7. The summed E-state index contributed by atoms with van der Waals surface area (Å²) in [5.74, 6) is -3.74. The molecule has 0 aliphatic rings. The van der Waals surface area contributed by atoms with Crippen LogP contribution in [-0.4, -0.2) is 80.2 Å². The summed E-state index contributed by atoms with van der Waals surface area (Å²) in [4.78, 5) is 72.8. The Hall–Kier alpha value is -1.99. The van der Waals surface area contributed by atoms with Crippen molar-refractivity contribution in [2.45, 2.75) is 33.6 Å². The quantitative estimate of drug-likeness (QED) is 0.0978. The van der Waals surface area contributed by atoms with Crippen molar-refractivity contribution in [1.29, 1.82) is 0 Å². The SMILES string of the molecule is CCNC(=O)c1noc(-c2cc(C(C)C)c(OP(=O)(O)OP(=O)(O)O)cc2OP(=O)(O)OP(=O)(O)O)c1-c1noc(C)n1.[MgH2]. The second-order valence-electron chi connectivity index (χ2n) is 8.54. The highest BCUT2D eigenvalue weighted by molar-refractivity contribution is 7.61. The molecule has 2 heterocycles. The molecule has 0 aliphatic carbocycles. The monoisotopic (exact) mass is 718 g/mol. The van der Waals surface area contributed by atoms with E-state index in [0.29, 0.717) is 6.07 Å². The fourth-order valence-corrected chi connectivity index (χ4v) is 6.62. The van der Waals surface area contributed by atoms with Gasteiger partial charge in [0.25, 0.3) is 5.91 Å². The Morgan fingerprint density at radius 3 is 1.91 bits per heavy atom. The third kappa shape index (κ3) is 10.3. The van der Waals surface area contributed by atoms with Gasteiger partial charge in [-0.25, -0.2) is 18.3 Å². The largest absolute Gasteiger partial charge is 0.536 e. The van der Waals surface area contributed by atoms with Crippen LogP contribution in [0.2, 0.25) is 0 Å². The van der Waals surface area contributed by atoms with E-state index in [9.17, 15) is 32.8 Å². The fraction of sp³-hybridized carbons (Fsp3) is 0.333. The van der Waals surface area contributed by atoms with Gasteiger partial charge >= 0.3 is 54.3 Å². The number of carbonyl (C=O) groups excluding carboxylic acids is 1. The summed E-state index contributed by atoms with van der Waals surface area (Å²) in [6, 6.07) is 1.69. The highest BCUT2D eigenvalue weighted by Crippen LogP contribution is 2.61. The first-order chi connectivity index (χ1) is 19.6. The molecule has 0 saturated heterocycles. The van der Waals surface area contributed by atoms with E-state index < -0.39 is 71.6 Å². The van der Waals surface area contributed by atoms with Crippen molar-refractivity contribution in [1.82, 2.24) is 20.6 Å². The van der Waals surface area contributed by atoms with Gasteiger partial charge in [-0.15, -0.1) is 0 Å². The van der Waals surface area contributed by atoms with Crippen molar-refractivity contribution in [2.75, 3.05) is 6.54 Å². The van der Waals surface area contributed by atoms with E-state index in [1.807, 2.05) is 0 Å². The molecule has 0 saturated carbocycles. The molecule has 0 bridgehead atoms. The average molecular weight is 719 g/mol. The van der Waals surface area contributed by atoms with E-state index >= 15 is 0 Å². The second-order valence-corrected chi connectivity index (χ2v) is 14.0. The number of phosphoric ester groups is 2. The minimum Gasteiger partial charge on any atom is -0.403 e. The van der Waals surface area contributed by atoms with Gasteiger partial charge in [-0.1, -0.05) is 24.2 Å². The number of hydrogen-bond acceptors (Lipinski definition) is 14. The summed E-state index contributed by atoms with van der Waals surface area (Å²) in [7, 11) is -22.6. The molecule has 2 atom stereocenters. The van der Waals surface area contributed by atoms with Crippen LogP contribution in [0.3, 0.4) is 0 Å². The van der Waals surface area contributed by atoms with Crippen LogP contribution in [-0.2, 0) is 26.9 Å². The number of aryl methyl sites for hydroxylation is 1. The maximum atomic E-state index is 12.8. The third-order valence-electron chi connectivity index (χ3n) is 4.82. The average Bonchev–Trinajstić information content (AvgIpc) is 3.41. The molecule has 1 aromatic carbocycles. The first-order valence-electron chi connectivity index (χ1n) is 11.5. The Morgan fingerprint density at radius 2 is 1.45 bits per heavy atom. The van der Waals surface area contributed by atoms with Gasteiger partial charge in [0.15, 0.2) is 11.5 Å². The number of rotatable bonds is 13. The van der Waals surface area contributed by atoms with Crippen molar-refractivity contribution >= 4 is 60.3 Å². The van der Waals surface area contributed by atoms with Crippen LogP contribution in [0, 0.1) is 6.92 Å². The first kappa shape index (κ1) is 38.2. The van der Waals surface area contributed by atoms with Crippen molar-refractivity contribution in [3.63, 3.8) is 0 Å². The van der Waals surface area contributed by atoms with Gasteiger partial charge in [-0.05, 0) is 24.5 Å². The lowest BCUT2D eigenvalue weighted by atomic mass is 9.96. The number of carbonyl (C=O) groups is 1. The number of benzene rings is 1. The van der Waals surface area contributed by atoms with Gasteiger partial charge in [0, 0.05) is 19.5 Å². The van der Waals surface area contributed by atoms with Gasteiger partial charge in [0.05, 0.1) is 5.56 Å². The number of amides is 1. The predicted octanol–water partition coefficient (Wildman–Crippen LogP) is 1.83. The molecule has 44 heavy (non-hydrogen) atoms. The van der Waals surface area contributed by atoms with E-state index in [2.05, 4.69) is 29.2 Å². The first-order valence-corrected chi connectivity index (χ1v) is 17.5. The molecule has 242 valence electrons. The lowest BCUT2D eigenvalue weighted by molar-refractivity contribution is 0.0947. The molecule has 0 fully saturated rings. The molecule has 7 N–H and O–H groups in total. The van der Waals surface area contributed by atoms with Crippen LogP contribution < -0.4 is 14.4 Å². The maximum absolute atomic E-state index is 12.8. The summed E-state index contributed by atoms with van der Waals surface area (Å²) in [6.07, 6.45) is 0. The predicted molar refractivity (Wildman–Crippen MR) is 148 cm³/mol. The lowest BCUT2D eigenvalue weighted by Gasteiger charge is -2.21. The Balaban J connectivity index is 0.00000675. The molecule has 1 amide bonds. The van der Waals surface area contributed by atoms with Crippen molar-refractivity contribution in [2.24, 2.45) is 0 Å². The summed E-state index contributed by atoms with van der Waals surface area (Å²) >= 11 is 0. The zero-order valence-electron chi connectivity index (χ0n) is 22.2. The summed E-state index contributed by atoms with van der Waals surface area (Å²) in [5.41, 5.74) is -1.11. The Bertz CT molecular complexity index is 1710. The van der Waals surface area contributed by atoms with Crippen LogP contribution in [0.15, 0.2) is 21.2 Å². The lowest BCUT2D eigenvalue weighted by Crippen LogP contribution is -2.23. The van der Waals surface area contributed by atoms with Crippen molar-refractivity contribution in [3.05, 3.63) is 29.3 Å². The number of aromatic nitrogens is 3. The van der Waals surface area contributed by atoms with Crippen LogP contribution >= 0.6 is 31.3 Å². The molecular formula is C18H26MgN4O17P4. The zero-order chi connectivity index (χ0) is 32.5. The minimum absolute atomic E-state index is 0.